The Kier molecular flexibility index (Phi) is 5.82. The summed E-state index contributed by atoms with van der Waals surface area (Å²) >= 11 is 0. The van der Waals surface area contributed by atoms with Gasteiger partial charge in [-0.05, 0) is 43.9 Å². The lowest BCUT2D eigenvalue weighted by atomic mass is 9.79. The first-order chi connectivity index (χ1) is 7.56. The monoisotopic (exact) mass is 225 g/mol. The summed E-state index contributed by atoms with van der Waals surface area (Å²) in [4.78, 5) is 0. The standard InChI is InChI=1S/C15H31N/c1-4-9-15(16)10-6-5-7-13(2)12-14(3)8-11-15/h13-14H,4-12,16H2,1-3H3. The molecule has 0 radical (unpaired) electrons. The van der Waals surface area contributed by atoms with Gasteiger partial charge in [0.05, 0.1) is 0 Å². The lowest BCUT2D eigenvalue weighted by Gasteiger charge is -2.32. The van der Waals surface area contributed by atoms with E-state index in [-0.39, 0.29) is 5.54 Å². The van der Waals surface area contributed by atoms with Gasteiger partial charge in [-0.15, -0.1) is 0 Å². The Balaban J connectivity index is 2.51. The van der Waals surface area contributed by atoms with Gasteiger partial charge >= 0.3 is 0 Å². The second-order valence-electron chi connectivity index (χ2n) is 6.34. The lowest BCUT2D eigenvalue weighted by Crippen LogP contribution is -2.40. The van der Waals surface area contributed by atoms with Gasteiger partial charge in [-0.1, -0.05) is 46.5 Å². The van der Waals surface area contributed by atoms with E-state index in [9.17, 15) is 0 Å². The molecule has 2 N–H and O–H groups in total. The van der Waals surface area contributed by atoms with Crippen LogP contribution in [0.15, 0.2) is 0 Å². The van der Waals surface area contributed by atoms with Crippen molar-refractivity contribution in [1.29, 1.82) is 0 Å². The van der Waals surface area contributed by atoms with Crippen molar-refractivity contribution >= 4 is 0 Å². The van der Waals surface area contributed by atoms with E-state index in [4.69, 9.17) is 5.73 Å². The second-order valence-corrected chi connectivity index (χ2v) is 6.34. The van der Waals surface area contributed by atoms with Gasteiger partial charge in [-0.3, -0.25) is 0 Å². The fraction of sp³-hybridized carbons (Fsp3) is 1.00. The number of hydrogen-bond donors (Lipinski definition) is 1. The first-order valence-electron chi connectivity index (χ1n) is 7.34. The van der Waals surface area contributed by atoms with Crippen molar-refractivity contribution in [1.82, 2.24) is 0 Å². The molecule has 16 heavy (non-hydrogen) atoms. The Bertz CT molecular complexity index is 190. The van der Waals surface area contributed by atoms with Crippen molar-refractivity contribution in [2.75, 3.05) is 0 Å². The van der Waals surface area contributed by atoms with Crippen molar-refractivity contribution in [2.24, 2.45) is 17.6 Å². The van der Waals surface area contributed by atoms with E-state index < -0.39 is 0 Å². The zero-order chi connectivity index (χ0) is 12.0. The van der Waals surface area contributed by atoms with Crippen LogP contribution in [0.3, 0.4) is 0 Å². The highest BCUT2D eigenvalue weighted by atomic mass is 14.7. The molecule has 0 spiro atoms. The van der Waals surface area contributed by atoms with Gasteiger partial charge in [0.25, 0.3) is 0 Å². The largest absolute Gasteiger partial charge is 0.325 e. The first-order valence-corrected chi connectivity index (χ1v) is 7.34. The molecule has 1 aliphatic rings. The lowest BCUT2D eigenvalue weighted by molar-refractivity contribution is 0.258. The zero-order valence-electron chi connectivity index (χ0n) is 11.6. The third kappa shape index (κ3) is 4.86. The van der Waals surface area contributed by atoms with E-state index in [2.05, 4.69) is 20.8 Å². The third-order valence-electron chi connectivity index (χ3n) is 4.31. The van der Waals surface area contributed by atoms with Crippen LogP contribution in [-0.4, -0.2) is 5.54 Å². The molecule has 0 saturated heterocycles. The predicted molar refractivity (Wildman–Crippen MR) is 72.5 cm³/mol. The smallest absolute Gasteiger partial charge is 0.0154 e. The fourth-order valence-corrected chi connectivity index (χ4v) is 3.30. The highest BCUT2D eigenvalue weighted by Crippen LogP contribution is 2.30. The molecule has 0 amide bonds. The Hall–Kier alpha value is -0.0400. The van der Waals surface area contributed by atoms with E-state index in [1.165, 1.54) is 57.8 Å². The number of rotatable bonds is 2. The molecule has 0 aromatic carbocycles. The Labute approximate surface area is 102 Å². The van der Waals surface area contributed by atoms with E-state index in [1.54, 1.807) is 0 Å². The topological polar surface area (TPSA) is 26.0 Å². The minimum atomic E-state index is 0.156. The van der Waals surface area contributed by atoms with E-state index >= 15 is 0 Å². The van der Waals surface area contributed by atoms with Gasteiger partial charge in [0.2, 0.25) is 0 Å². The normalized spacial score (nSPS) is 38.2. The van der Waals surface area contributed by atoms with Crippen molar-refractivity contribution in [3.8, 4) is 0 Å². The molecule has 1 aliphatic carbocycles. The van der Waals surface area contributed by atoms with E-state index in [0.717, 1.165) is 11.8 Å². The van der Waals surface area contributed by atoms with Crippen molar-refractivity contribution in [3.63, 3.8) is 0 Å². The summed E-state index contributed by atoms with van der Waals surface area (Å²) < 4.78 is 0. The molecule has 96 valence electrons. The molecule has 0 bridgehead atoms. The van der Waals surface area contributed by atoms with Gasteiger partial charge in [-0.2, -0.15) is 0 Å². The maximum absolute atomic E-state index is 6.56. The van der Waals surface area contributed by atoms with Crippen LogP contribution in [0.25, 0.3) is 0 Å². The van der Waals surface area contributed by atoms with Crippen LogP contribution in [0.2, 0.25) is 0 Å². The summed E-state index contributed by atoms with van der Waals surface area (Å²) in [6, 6.07) is 0. The molecule has 1 rings (SSSR count). The van der Waals surface area contributed by atoms with Crippen LogP contribution in [0, 0.1) is 11.8 Å². The molecule has 0 heterocycles. The summed E-state index contributed by atoms with van der Waals surface area (Å²) in [6.45, 7) is 7.09. The average Bonchev–Trinajstić information content (AvgIpc) is 2.22. The molecule has 3 atom stereocenters. The van der Waals surface area contributed by atoms with Crippen LogP contribution in [0.1, 0.15) is 78.6 Å². The van der Waals surface area contributed by atoms with Crippen molar-refractivity contribution in [2.45, 2.75) is 84.1 Å². The maximum atomic E-state index is 6.56. The predicted octanol–water partition coefficient (Wildman–Crippen LogP) is 4.50. The second kappa shape index (κ2) is 6.64. The molecule has 0 aromatic heterocycles. The third-order valence-corrected chi connectivity index (χ3v) is 4.31. The highest BCUT2D eigenvalue weighted by molar-refractivity contribution is 4.85. The molecule has 0 aromatic rings. The zero-order valence-corrected chi connectivity index (χ0v) is 11.6. The average molecular weight is 225 g/mol. The molecule has 1 fully saturated rings. The van der Waals surface area contributed by atoms with E-state index in [1.807, 2.05) is 0 Å². The molecule has 3 unspecified atom stereocenters. The molecular formula is C15H31N. The summed E-state index contributed by atoms with van der Waals surface area (Å²) in [5, 5.41) is 0. The Morgan fingerprint density at radius 3 is 2.44 bits per heavy atom. The van der Waals surface area contributed by atoms with Crippen LogP contribution < -0.4 is 5.73 Å². The van der Waals surface area contributed by atoms with Crippen LogP contribution in [-0.2, 0) is 0 Å². The van der Waals surface area contributed by atoms with Crippen LogP contribution in [0.4, 0.5) is 0 Å². The maximum Gasteiger partial charge on any atom is 0.0154 e. The first kappa shape index (κ1) is 14.0. The summed E-state index contributed by atoms with van der Waals surface area (Å²) in [7, 11) is 0. The summed E-state index contributed by atoms with van der Waals surface area (Å²) in [5.74, 6) is 1.79. The SMILES string of the molecule is CCCC1(N)CCCCC(C)CC(C)CC1. The van der Waals surface area contributed by atoms with Crippen LogP contribution >= 0.6 is 0 Å². The van der Waals surface area contributed by atoms with Gasteiger partial charge in [0, 0.05) is 5.54 Å². The van der Waals surface area contributed by atoms with Crippen molar-refractivity contribution in [3.05, 3.63) is 0 Å². The Morgan fingerprint density at radius 2 is 1.75 bits per heavy atom. The quantitative estimate of drug-likeness (QED) is 0.735. The van der Waals surface area contributed by atoms with Crippen LogP contribution in [0.5, 0.6) is 0 Å². The molecular weight excluding hydrogens is 194 g/mol. The highest BCUT2D eigenvalue weighted by Gasteiger charge is 2.25. The fourth-order valence-electron chi connectivity index (χ4n) is 3.30. The summed E-state index contributed by atoms with van der Waals surface area (Å²) in [6.07, 6.45) is 11.8. The molecule has 0 aliphatic heterocycles. The van der Waals surface area contributed by atoms with Gasteiger partial charge in [0.1, 0.15) is 0 Å². The van der Waals surface area contributed by atoms with Crippen molar-refractivity contribution < 1.29 is 0 Å². The number of hydrogen-bond acceptors (Lipinski definition) is 1. The molecule has 1 heteroatoms. The minimum absolute atomic E-state index is 0.156. The summed E-state index contributed by atoms with van der Waals surface area (Å²) in [5.41, 5.74) is 6.71. The minimum Gasteiger partial charge on any atom is -0.325 e. The van der Waals surface area contributed by atoms with Gasteiger partial charge < -0.3 is 5.73 Å². The van der Waals surface area contributed by atoms with E-state index in [0.29, 0.717) is 0 Å². The Morgan fingerprint density at radius 1 is 1.06 bits per heavy atom. The number of nitrogens with two attached hydrogens (primary N) is 1. The molecule has 1 saturated carbocycles. The van der Waals surface area contributed by atoms with Gasteiger partial charge in [-0.25, -0.2) is 0 Å². The molecule has 1 nitrogen and oxygen atoms in total. The van der Waals surface area contributed by atoms with Gasteiger partial charge in [0.15, 0.2) is 0 Å².